The van der Waals surface area contributed by atoms with Gasteiger partial charge in [-0.25, -0.2) is 0 Å². The monoisotopic (exact) mass is 400 g/mol. The minimum Gasteiger partial charge on any atom is -0.393 e. The molecular formula is C27H44O2. The van der Waals surface area contributed by atoms with Gasteiger partial charge >= 0.3 is 0 Å². The van der Waals surface area contributed by atoms with Crippen molar-refractivity contribution >= 4 is 0 Å². The lowest BCUT2D eigenvalue weighted by molar-refractivity contribution is -0.0657. The van der Waals surface area contributed by atoms with Crippen LogP contribution in [0.2, 0.25) is 0 Å². The zero-order valence-corrected chi connectivity index (χ0v) is 19.3. The third kappa shape index (κ3) is 5.07. The van der Waals surface area contributed by atoms with E-state index in [0.717, 1.165) is 38.5 Å². The van der Waals surface area contributed by atoms with Crippen LogP contribution in [-0.2, 0) is 0 Å². The van der Waals surface area contributed by atoms with Gasteiger partial charge in [0.2, 0.25) is 0 Å². The smallest absolute Gasteiger partial charge is 0.0653 e. The van der Waals surface area contributed by atoms with Crippen LogP contribution >= 0.6 is 0 Å². The molecule has 2 N–H and O–H groups in total. The number of fused-ring (bicyclic) bond motifs is 1. The molecule has 0 aromatic heterocycles. The van der Waals surface area contributed by atoms with Crippen LogP contribution in [0.15, 0.2) is 35.5 Å². The summed E-state index contributed by atoms with van der Waals surface area (Å²) in [5.41, 5.74) is 3.66. The van der Waals surface area contributed by atoms with Gasteiger partial charge in [-0.05, 0) is 93.5 Å². The van der Waals surface area contributed by atoms with Gasteiger partial charge in [-0.15, -0.1) is 0 Å². The molecule has 5 unspecified atom stereocenters. The molecule has 3 saturated carbocycles. The molecule has 0 aromatic rings. The van der Waals surface area contributed by atoms with Crippen LogP contribution in [0.5, 0.6) is 0 Å². The van der Waals surface area contributed by atoms with Gasteiger partial charge in [-0.2, -0.15) is 0 Å². The first-order valence-corrected chi connectivity index (χ1v) is 12.1. The molecule has 3 rings (SSSR count). The molecule has 0 aliphatic heterocycles. The average Bonchev–Trinajstić information content (AvgIpc) is 3.00. The molecule has 2 heteroatoms. The summed E-state index contributed by atoms with van der Waals surface area (Å²) in [4.78, 5) is 0. The van der Waals surface area contributed by atoms with E-state index >= 15 is 0 Å². The Bertz CT molecular complexity index is 653. The Balaban J connectivity index is 1.75. The second-order valence-corrected chi connectivity index (χ2v) is 11.1. The topological polar surface area (TPSA) is 40.5 Å². The molecule has 0 radical (unpaired) electrons. The number of allylic oxidation sites excluding steroid dienone is 4. The van der Waals surface area contributed by atoms with Crippen molar-refractivity contribution in [2.75, 3.05) is 0 Å². The summed E-state index contributed by atoms with van der Waals surface area (Å²) in [5.74, 6) is 1.70. The lowest BCUT2D eigenvalue weighted by atomic mass is 9.59. The maximum Gasteiger partial charge on any atom is 0.0653 e. The van der Waals surface area contributed by atoms with Gasteiger partial charge in [-0.1, -0.05) is 63.5 Å². The van der Waals surface area contributed by atoms with Crippen LogP contribution in [0.4, 0.5) is 0 Å². The molecule has 3 aliphatic carbocycles. The van der Waals surface area contributed by atoms with E-state index in [-0.39, 0.29) is 11.5 Å². The number of rotatable bonds is 6. The zero-order chi connectivity index (χ0) is 21.2. The standard InChI is InChI=1S/C27H44O2/c1-19(2)8-6-17-27(5,29)25-15-14-24-21(9-7-16-26(24,25)4)11-12-22-18-23(28)13-10-20(22)3/h11-12,19,23-25,28-29H,3,6-10,13-18H2,1-2,4-5H3/b21-11+,22-12-. The van der Waals surface area contributed by atoms with Gasteiger partial charge in [0.05, 0.1) is 11.7 Å². The van der Waals surface area contributed by atoms with Gasteiger partial charge in [0.25, 0.3) is 0 Å². The molecule has 29 heavy (non-hydrogen) atoms. The van der Waals surface area contributed by atoms with Crippen LogP contribution in [0, 0.1) is 23.2 Å². The van der Waals surface area contributed by atoms with Crippen LogP contribution in [0.25, 0.3) is 0 Å². The molecule has 3 aliphatic rings. The fourth-order valence-corrected chi connectivity index (χ4v) is 6.70. The van der Waals surface area contributed by atoms with Crippen LogP contribution in [0.1, 0.15) is 98.3 Å². The Kier molecular flexibility index (Phi) is 7.16. The van der Waals surface area contributed by atoms with Crippen molar-refractivity contribution in [1.29, 1.82) is 0 Å². The number of aliphatic hydroxyl groups is 2. The van der Waals surface area contributed by atoms with E-state index in [9.17, 15) is 10.2 Å². The van der Waals surface area contributed by atoms with Gasteiger partial charge < -0.3 is 10.2 Å². The molecule has 0 spiro atoms. The van der Waals surface area contributed by atoms with Crippen molar-refractivity contribution in [3.8, 4) is 0 Å². The SMILES string of the molecule is C=C1CCC(O)C/C1=C/C=C1\CCCC2(C)C1CCC2C(C)(O)CCCC(C)C. The van der Waals surface area contributed by atoms with Crippen molar-refractivity contribution in [3.05, 3.63) is 35.5 Å². The highest BCUT2D eigenvalue weighted by atomic mass is 16.3. The highest BCUT2D eigenvalue weighted by Gasteiger charge is 2.54. The zero-order valence-electron chi connectivity index (χ0n) is 19.3. The Morgan fingerprint density at radius 2 is 1.97 bits per heavy atom. The second-order valence-electron chi connectivity index (χ2n) is 11.1. The predicted molar refractivity (Wildman–Crippen MR) is 123 cm³/mol. The summed E-state index contributed by atoms with van der Waals surface area (Å²) >= 11 is 0. The van der Waals surface area contributed by atoms with E-state index in [0.29, 0.717) is 17.8 Å². The van der Waals surface area contributed by atoms with Gasteiger partial charge in [0.1, 0.15) is 0 Å². The molecular weight excluding hydrogens is 356 g/mol. The summed E-state index contributed by atoms with van der Waals surface area (Å²) in [7, 11) is 0. The first-order chi connectivity index (χ1) is 13.6. The normalized spacial score (nSPS) is 37.9. The molecule has 0 saturated heterocycles. The summed E-state index contributed by atoms with van der Waals surface area (Å²) < 4.78 is 0. The summed E-state index contributed by atoms with van der Waals surface area (Å²) in [6.45, 7) is 13.3. The fourth-order valence-electron chi connectivity index (χ4n) is 6.70. The molecule has 0 amide bonds. The average molecular weight is 401 g/mol. The molecule has 0 heterocycles. The summed E-state index contributed by atoms with van der Waals surface area (Å²) in [6, 6.07) is 0. The van der Waals surface area contributed by atoms with E-state index in [1.807, 2.05) is 0 Å². The molecule has 164 valence electrons. The minimum atomic E-state index is -0.554. The van der Waals surface area contributed by atoms with Crippen molar-refractivity contribution < 1.29 is 10.2 Å². The quantitative estimate of drug-likeness (QED) is 0.518. The van der Waals surface area contributed by atoms with Gasteiger partial charge in [-0.3, -0.25) is 0 Å². The van der Waals surface area contributed by atoms with E-state index in [1.54, 1.807) is 5.57 Å². The third-order valence-corrected chi connectivity index (χ3v) is 8.37. The van der Waals surface area contributed by atoms with E-state index in [4.69, 9.17) is 0 Å². The maximum atomic E-state index is 11.4. The molecule has 3 fully saturated rings. The van der Waals surface area contributed by atoms with Gasteiger partial charge in [0.15, 0.2) is 0 Å². The largest absolute Gasteiger partial charge is 0.393 e. The molecule has 0 bridgehead atoms. The van der Waals surface area contributed by atoms with E-state index in [2.05, 4.69) is 46.4 Å². The number of hydrogen-bond acceptors (Lipinski definition) is 2. The second kappa shape index (κ2) is 9.10. The Morgan fingerprint density at radius 1 is 1.21 bits per heavy atom. The van der Waals surface area contributed by atoms with E-state index in [1.165, 1.54) is 43.3 Å². The third-order valence-electron chi connectivity index (χ3n) is 8.37. The van der Waals surface area contributed by atoms with E-state index < -0.39 is 5.60 Å². The lowest BCUT2D eigenvalue weighted by Gasteiger charge is -2.47. The highest BCUT2D eigenvalue weighted by Crippen LogP contribution is 2.60. The van der Waals surface area contributed by atoms with Crippen LogP contribution in [-0.4, -0.2) is 21.9 Å². The number of hydrogen-bond donors (Lipinski definition) is 2. The minimum absolute atomic E-state index is 0.210. The van der Waals surface area contributed by atoms with Crippen molar-refractivity contribution in [2.45, 2.75) is 110 Å². The Labute approximate surface area is 179 Å². The van der Waals surface area contributed by atoms with Crippen molar-refractivity contribution in [1.82, 2.24) is 0 Å². The number of aliphatic hydroxyl groups excluding tert-OH is 1. The first-order valence-electron chi connectivity index (χ1n) is 12.1. The summed E-state index contributed by atoms with van der Waals surface area (Å²) in [5, 5.41) is 21.5. The molecule has 2 nitrogen and oxygen atoms in total. The predicted octanol–water partition coefficient (Wildman–Crippen LogP) is 6.73. The summed E-state index contributed by atoms with van der Waals surface area (Å²) in [6.07, 6.45) is 16.2. The van der Waals surface area contributed by atoms with Crippen molar-refractivity contribution in [2.24, 2.45) is 23.2 Å². The molecule has 0 aromatic carbocycles. The maximum absolute atomic E-state index is 11.4. The Hall–Kier alpha value is -0.860. The highest BCUT2D eigenvalue weighted by molar-refractivity contribution is 5.36. The fraction of sp³-hybridized carbons (Fsp3) is 0.778. The first kappa shape index (κ1) is 22.8. The van der Waals surface area contributed by atoms with Crippen LogP contribution < -0.4 is 0 Å². The lowest BCUT2D eigenvalue weighted by Crippen LogP contribution is -2.45. The van der Waals surface area contributed by atoms with Gasteiger partial charge in [0, 0.05) is 0 Å². The molecule has 5 atom stereocenters. The Morgan fingerprint density at radius 3 is 2.69 bits per heavy atom. The van der Waals surface area contributed by atoms with Crippen LogP contribution in [0.3, 0.4) is 0 Å². The van der Waals surface area contributed by atoms with Crippen molar-refractivity contribution in [3.63, 3.8) is 0 Å².